The Morgan fingerprint density at radius 3 is 2.00 bits per heavy atom. The van der Waals surface area contributed by atoms with Gasteiger partial charge in [0, 0.05) is 7.11 Å². The van der Waals surface area contributed by atoms with Crippen LogP contribution in [0.3, 0.4) is 0 Å². The van der Waals surface area contributed by atoms with Crippen LogP contribution >= 0.6 is 0 Å². The highest BCUT2D eigenvalue weighted by atomic mass is 16.5. The van der Waals surface area contributed by atoms with E-state index in [2.05, 4.69) is 0 Å². The zero-order chi connectivity index (χ0) is 10.5. The maximum Gasteiger partial charge on any atom is 0.0571 e. The van der Waals surface area contributed by atoms with Gasteiger partial charge in [-0.3, -0.25) is 0 Å². The Kier molecular flexibility index (Phi) is 4.49. The Morgan fingerprint density at radius 1 is 0.800 bits per heavy atom. The van der Waals surface area contributed by atoms with Crippen LogP contribution in [0, 0.1) is 11.8 Å². The number of rotatable bonds is 3. The fraction of sp³-hybridized carbons (Fsp3) is 1.00. The molecule has 2 fully saturated rings. The first-order valence-corrected chi connectivity index (χ1v) is 6.91. The van der Waals surface area contributed by atoms with Crippen LogP contribution in [0.4, 0.5) is 0 Å². The maximum atomic E-state index is 5.43. The van der Waals surface area contributed by atoms with Gasteiger partial charge in [-0.25, -0.2) is 0 Å². The normalized spacial score (nSPS) is 34.2. The minimum absolute atomic E-state index is 0.576. The largest absolute Gasteiger partial charge is 0.381 e. The van der Waals surface area contributed by atoms with Gasteiger partial charge >= 0.3 is 0 Å². The van der Waals surface area contributed by atoms with Gasteiger partial charge in [0.25, 0.3) is 0 Å². The molecule has 2 rings (SSSR count). The van der Waals surface area contributed by atoms with Crippen LogP contribution in [0.1, 0.15) is 64.2 Å². The monoisotopic (exact) mass is 210 g/mol. The quantitative estimate of drug-likeness (QED) is 0.679. The van der Waals surface area contributed by atoms with Crippen molar-refractivity contribution >= 4 is 0 Å². The van der Waals surface area contributed by atoms with Gasteiger partial charge in [-0.2, -0.15) is 0 Å². The van der Waals surface area contributed by atoms with Crippen LogP contribution in [0.25, 0.3) is 0 Å². The van der Waals surface area contributed by atoms with E-state index in [1.54, 1.807) is 0 Å². The summed E-state index contributed by atoms with van der Waals surface area (Å²) in [5.41, 5.74) is 0. The minimum atomic E-state index is 0.576. The van der Waals surface area contributed by atoms with E-state index in [1.165, 1.54) is 64.2 Å². The fourth-order valence-electron chi connectivity index (χ4n) is 3.50. The van der Waals surface area contributed by atoms with E-state index in [1.807, 2.05) is 7.11 Å². The smallest absolute Gasteiger partial charge is 0.0571 e. The van der Waals surface area contributed by atoms with E-state index in [0.29, 0.717) is 6.10 Å². The summed E-state index contributed by atoms with van der Waals surface area (Å²) in [5.74, 6) is 2.10. The Labute approximate surface area is 94.6 Å². The number of ether oxygens (including phenoxy) is 1. The molecule has 2 aliphatic carbocycles. The summed E-state index contributed by atoms with van der Waals surface area (Å²) in [6, 6.07) is 0. The van der Waals surface area contributed by atoms with Gasteiger partial charge in [0.1, 0.15) is 0 Å². The highest BCUT2D eigenvalue weighted by Gasteiger charge is 2.24. The molecule has 1 heteroatoms. The van der Waals surface area contributed by atoms with Gasteiger partial charge in [-0.15, -0.1) is 0 Å². The second kappa shape index (κ2) is 5.89. The summed E-state index contributed by atoms with van der Waals surface area (Å²) >= 11 is 0. The predicted octanol–water partition coefficient (Wildman–Crippen LogP) is 4.16. The van der Waals surface area contributed by atoms with Crippen LogP contribution < -0.4 is 0 Å². The third-order valence-electron chi connectivity index (χ3n) is 4.52. The minimum Gasteiger partial charge on any atom is -0.381 e. The van der Waals surface area contributed by atoms with Crippen molar-refractivity contribution in [2.75, 3.05) is 7.11 Å². The molecule has 0 aliphatic heterocycles. The third kappa shape index (κ3) is 3.48. The summed E-state index contributed by atoms with van der Waals surface area (Å²) < 4.78 is 5.43. The highest BCUT2D eigenvalue weighted by molar-refractivity contribution is 4.76. The Balaban J connectivity index is 1.67. The molecule has 0 amide bonds. The van der Waals surface area contributed by atoms with Gasteiger partial charge in [0.05, 0.1) is 6.10 Å². The molecule has 0 aromatic rings. The molecule has 2 aliphatic rings. The number of methoxy groups -OCH3 is 1. The van der Waals surface area contributed by atoms with E-state index >= 15 is 0 Å². The van der Waals surface area contributed by atoms with Crippen LogP contribution in [-0.2, 0) is 4.74 Å². The van der Waals surface area contributed by atoms with E-state index < -0.39 is 0 Å². The van der Waals surface area contributed by atoms with Crippen molar-refractivity contribution in [2.24, 2.45) is 11.8 Å². The Hall–Kier alpha value is -0.0400. The Bertz CT molecular complexity index is 164. The summed E-state index contributed by atoms with van der Waals surface area (Å²) in [6.45, 7) is 0. The van der Waals surface area contributed by atoms with Crippen LogP contribution in [0.5, 0.6) is 0 Å². The Morgan fingerprint density at radius 2 is 1.40 bits per heavy atom. The molecule has 0 heterocycles. The molecule has 0 saturated heterocycles. The molecule has 0 aromatic carbocycles. The zero-order valence-electron chi connectivity index (χ0n) is 10.2. The van der Waals surface area contributed by atoms with E-state index in [4.69, 9.17) is 4.74 Å². The van der Waals surface area contributed by atoms with Crippen molar-refractivity contribution in [3.8, 4) is 0 Å². The molecular weight excluding hydrogens is 184 g/mol. The first-order chi connectivity index (χ1) is 7.38. The average Bonchev–Trinajstić information content (AvgIpc) is 2.31. The van der Waals surface area contributed by atoms with Gasteiger partial charge in [0.15, 0.2) is 0 Å². The molecule has 1 nitrogen and oxygen atoms in total. The van der Waals surface area contributed by atoms with Crippen LogP contribution in [0.15, 0.2) is 0 Å². The predicted molar refractivity (Wildman–Crippen MR) is 63.9 cm³/mol. The molecule has 88 valence electrons. The fourth-order valence-corrected chi connectivity index (χ4v) is 3.50. The summed E-state index contributed by atoms with van der Waals surface area (Å²) in [7, 11) is 1.87. The van der Waals surface area contributed by atoms with Gasteiger partial charge in [0.2, 0.25) is 0 Å². The average molecular weight is 210 g/mol. The van der Waals surface area contributed by atoms with Crippen molar-refractivity contribution in [3.63, 3.8) is 0 Å². The van der Waals surface area contributed by atoms with Gasteiger partial charge in [-0.05, 0) is 43.9 Å². The molecule has 0 bridgehead atoms. The lowest BCUT2D eigenvalue weighted by Crippen LogP contribution is -2.22. The van der Waals surface area contributed by atoms with Gasteiger partial charge < -0.3 is 4.74 Å². The lowest BCUT2D eigenvalue weighted by atomic mass is 9.77. The molecule has 0 N–H and O–H groups in total. The summed E-state index contributed by atoms with van der Waals surface area (Å²) in [4.78, 5) is 0. The summed E-state index contributed by atoms with van der Waals surface area (Å²) in [6.07, 6.45) is 15.1. The van der Waals surface area contributed by atoms with Crippen LogP contribution in [-0.4, -0.2) is 13.2 Å². The van der Waals surface area contributed by atoms with E-state index in [0.717, 1.165) is 11.8 Å². The van der Waals surface area contributed by atoms with Crippen molar-refractivity contribution in [3.05, 3.63) is 0 Å². The number of hydrogen-bond donors (Lipinski definition) is 0. The topological polar surface area (TPSA) is 9.23 Å². The lowest BCUT2D eigenvalue weighted by molar-refractivity contribution is 0.0516. The number of hydrogen-bond acceptors (Lipinski definition) is 1. The molecule has 15 heavy (non-hydrogen) atoms. The van der Waals surface area contributed by atoms with Crippen molar-refractivity contribution in [1.29, 1.82) is 0 Å². The lowest BCUT2D eigenvalue weighted by Gasteiger charge is -2.31. The molecule has 0 unspecified atom stereocenters. The first kappa shape index (κ1) is 11.4. The van der Waals surface area contributed by atoms with Crippen molar-refractivity contribution < 1.29 is 4.74 Å². The SMILES string of the molecule is COC1CCC(CC2CCCCC2)CC1. The summed E-state index contributed by atoms with van der Waals surface area (Å²) in [5, 5.41) is 0. The second-order valence-electron chi connectivity index (χ2n) is 5.62. The molecule has 0 aromatic heterocycles. The van der Waals surface area contributed by atoms with Crippen LogP contribution in [0.2, 0.25) is 0 Å². The molecule has 0 spiro atoms. The zero-order valence-corrected chi connectivity index (χ0v) is 10.2. The molecule has 0 radical (unpaired) electrons. The molecule has 2 saturated carbocycles. The first-order valence-electron chi connectivity index (χ1n) is 6.91. The highest BCUT2D eigenvalue weighted by Crippen LogP contribution is 2.35. The maximum absolute atomic E-state index is 5.43. The van der Waals surface area contributed by atoms with Gasteiger partial charge in [-0.1, -0.05) is 32.1 Å². The second-order valence-corrected chi connectivity index (χ2v) is 5.62. The molecule has 0 atom stereocenters. The van der Waals surface area contributed by atoms with E-state index in [9.17, 15) is 0 Å². The standard InChI is InChI=1S/C14H26O/c1-15-14-9-7-13(8-10-14)11-12-5-3-2-4-6-12/h12-14H,2-11H2,1H3. The van der Waals surface area contributed by atoms with E-state index in [-0.39, 0.29) is 0 Å². The van der Waals surface area contributed by atoms with Crippen molar-refractivity contribution in [1.82, 2.24) is 0 Å². The molecular formula is C14H26O. The van der Waals surface area contributed by atoms with Crippen molar-refractivity contribution in [2.45, 2.75) is 70.3 Å². The third-order valence-corrected chi connectivity index (χ3v) is 4.52.